The first kappa shape index (κ1) is 9.01. The van der Waals surface area contributed by atoms with Crippen molar-refractivity contribution in [3.05, 3.63) is 24.0 Å². The summed E-state index contributed by atoms with van der Waals surface area (Å²) in [6.45, 7) is 0.863. The first-order chi connectivity index (χ1) is 7.34. The topological polar surface area (TPSA) is 24.1 Å². The Bertz CT molecular complexity index is 374. The van der Waals surface area contributed by atoms with E-state index in [-0.39, 0.29) is 5.82 Å². The summed E-state index contributed by atoms with van der Waals surface area (Å²) in [5.41, 5.74) is 1.56. The summed E-state index contributed by atoms with van der Waals surface area (Å²) in [6, 6.07) is 5.75. The third-order valence-electron chi connectivity index (χ3n) is 3.30. The van der Waals surface area contributed by atoms with Crippen LogP contribution in [0.15, 0.2) is 18.2 Å². The van der Waals surface area contributed by atoms with Gasteiger partial charge in [0.1, 0.15) is 5.82 Å². The van der Waals surface area contributed by atoms with Crippen LogP contribution in [0.2, 0.25) is 0 Å². The molecule has 2 N–H and O–H groups in total. The van der Waals surface area contributed by atoms with Crippen molar-refractivity contribution in [2.45, 2.75) is 25.3 Å². The molecule has 0 aromatic heterocycles. The lowest BCUT2D eigenvalue weighted by Gasteiger charge is -2.16. The maximum atomic E-state index is 13.5. The standard InChI is InChI=1S/C12H15FN2/c13-9-2-1-3-11-12(9)14-7-6-10(15-11)8-4-5-8/h1-3,8,10,14-15H,4-7H2. The first-order valence-electron chi connectivity index (χ1n) is 5.63. The molecule has 0 saturated heterocycles. The summed E-state index contributed by atoms with van der Waals surface area (Å²) < 4.78 is 13.5. The van der Waals surface area contributed by atoms with Crippen molar-refractivity contribution >= 4 is 11.4 Å². The van der Waals surface area contributed by atoms with Gasteiger partial charge in [0.25, 0.3) is 0 Å². The Morgan fingerprint density at radius 2 is 2.07 bits per heavy atom. The van der Waals surface area contributed by atoms with Gasteiger partial charge in [-0.15, -0.1) is 0 Å². The Labute approximate surface area is 88.9 Å². The van der Waals surface area contributed by atoms with Gasteiger partial charge in [-0.1, -0.05) is 6.07 Å². The van der Waals surface area contributed by atoms with Gasteiger partial charge < -0.3 is 10.6 Å². The molecule has 3 heteroatoms. The highest BCUT2D eigenvalue weighted by molar-refractivity contribution is 5.70. The van der Waals surface area contributed by atoms with E-state index in [0.29, 0.717) is 11.7 Å². The zero-order chi connectivity index (χ0) is 10.3. The van der Waals surface area contributed by atoms with E-state index in [1.54, 1.807) is 6.07 Å². The number of nitrogens with one attached hydrogen (secondary N) is 2. The highest BCUT2D eigenvalue weighted by atomic mass is 19.1. The van der Waals surface area contributed by atoms with Crippen molar-refractivity contribution in [1.29, 1.82) is 0 Å². The van der Waals surface area contributed by atoms with Crippen LogP contribution in [-0.4, -0.2) is 12.6 Å². The molecule has 0 radical (unpaired) electrons. The van der Waals surface area contributed by atoms with Crippen LogP contribution in [0.25, 0.3) is 0 Å². The monoisotopic (exact) mass is 206 g/mol. The molecular formula is C12H15FN2. The molecule has 0 spiro atoms. The zero-order valence-corrected chi connectivity index (χ0v) is 8.59. The SMILES string of the molecule is Fc1cccc2c1NCCC(C1CC1)N2. The van der Waals surface area contributed by atoms with Crippen molar-refractivity contribution in [2.24, 2.45) is 5.92 Å². The van der Waals surface area contributed by atoms with Crippen LogP contribution in [0.1, 0.15) is 19.3 Å². The summed E-state index contributed by atoms with van der Waals surface area (Å²) in [7, 11) is 0. The van der Waals surface area contributed by atoms with E-state index in [1.165, 1.54) is 18.9 Å². The zero-order valence-electron chi connectivity index (χ0n) is 8.59. The molecule has 80 valence electrons. The van der Waals surface area contributed by atoms with Gasteiger partial charge in [-0.25, -0.2) is 4.39 Å². The fourth-order valence-electron chi connectivity index (χ4n) is 2.30. The summed E-state index contributed by atoms with van der Waals surface area (Å²) in [5, 5.41) is 6.63. The minimum Gasteiger partial charge on any atom is -0.381 e. The van der Waals surface area contributed by atoms with Gasteiger partial charge in [0, 0.05) is 12.6 Å². The van der Waals surface area contributed by atoms with Gasteiger partial charge in [-0.3, -0.25) is 0 Å². The fraction of sp³-hybridized carbons (Fsp3) is 0.500. The van der Waals surface area contributed by atoms with Crippen molar-refractivity contribution < 1.29 is 4.39 Å². The number of hydrogen-bond donors (Lipinski definition) is 2. The number of fused-ring (bicyclic) bond motifs is 1. The van der Waals surface area contributed by atoms with E-state index >= 15 is 0 Å². The van der Waals surface area contributed by atoms with Crippen LogP contribution in [0, 0.1) is 11.7 Å². The molecule has 0 bridgehead atoms. The fourth-order valence-corrected chi connectivity index (χ4v) is 2.30. The molecule has 1 aliphatic heterocycles. The van der Waals surface area contributed by atoms with Gasteiger partial charge >= 0.3 is 0 Å². The van der Waals surface area contributed by atoms with Crippen LogP contribution in [0.5, 0.6) is 0 Å². The second-order valence-electron chi connectivity index (χ2n) is 4.47. The molecule has 1 saturated carbocycles. The number of benzene rings is 1. The van der Waals surface area contributed by atoms with Crippen LogP contribution in [0.3, 0.4) is 0 Å². The predicted octanol–water partition coefficient (Wildman–Crippen LogP) is 2.83. The third-order valence-corrected chi connectivity index (χ3v) is 3.30. The molecule has 1 aromatic rings. The minimum atomic E-state index is -0.156. The average Bonchev–Trinajstić information content (AvgIpc) is 3.04. The smallest absolute Gasteiger partial charge is 0.148 e. The summed E-state index contributed by atoms with van der Waals surface area (Å²) >= 11 is 0. The van der Waals surface area contributed by atoms with E-state index < -0.39 is 0 Å². The van der Waals surface area contributed by atoms with E-state index in [0.717, 1.165) is 24.6 Å². The summed E-state index contributed by atoms with van der Waals surface area (Å²) in [6.07, 6.45) is 3.73. The second kappa shape index (κ2) is 3.40. The Balaban J connectivity index is 1.91. The number of anilines is 2. The maximum absolute atomic E-state index is 13.5. The van der Waals surface area contributed by atoms with Crippen molar-refractivity contribution in [3.8, 4) is 0 Å². The van der Waals surface area contributed by atoms with Crippen LogP contribution in [-0.2, 0) is 0 Å². The summed E-state index contributed by atoms with van der Waals surface area (Å²) in [5.74, 6) is 0.650. The van der Waals surface area contributed by atoms with Gasteiger partial charge in [-0.2, -0.15) is 0 Å². The molecule has 1 heterocycles. The third kappa shape index (κ3) is 1.66. The number of hydrogen-bond acceptors (Lipinski definition) is 2. The average molecular weight is 206 g/mol. The lowest BCUT2D eigenvalue weighted by Crippen LogP contribution is -2.21. The molecule has 1 aliphatic carbocycles. The van der Waals surface area contributed by atoms with Crippen molar-refractivity contribution in [2.75, 3.05) is 17.2 Å². The number of halogens is 1. The van der Waals surface area contributed by atoms with Gasteiger partial charge in [0.2, 0.25) is 0 Å². The van der Waals surface area contributed by atoms with Crippen molar-refractivity contribution in [1.82, 2.24) is 0 Å². The quantitative estimate of drug-likeness (QED) is 0.738. The molecule has 2 nitrogen and oxygen atoms in total. The highest BCUT2D eigenvalue weighted by Gasteiger charge is 2.32. The number of rotatable bonds is 1. The normalized spacial score (nSPS) is 24.7. The molecule has 1 atom stereocenters. The van der Waals surface area contributed by atoms with Gasteiger partial charge in [0.15, 0.2) is 0 Å². The molecule has 1 fully saturated rings. The number of para-hydroxylation sites is 1. The molecular weight excluding hydrogens is 191 g/mol. The Kier molecular flexibility index (Phi) is 2.04. The Morgan fingerprint density at radius 1 is 1.20 bits per heavy atom. The molecule has 15 heavy (non-hydrogen) atoms. The molecule has 2 aliphatic rings. The largest absolute Gasteiger partial charge is 0.381 e. The van der Waals surface area contributed by atoms with Gasteiger partial charge in [0.05, 0.1) is 11.4 Å². The second-order valence-corrected chi connectivity index (χ2v) is 4.47. The van der Waals surface area contributed by atoms with E-state index in [9.17, 15) is 4.39 Å². The molecule has 3 rings (SSSR count). The molecule has 0 amide bonds. The van der Waals surface area contributed by atoms with E-state index in [4.69, 9.17) is 0 Å². The lowest BCUT2D eigenvalue weighted by atomic mass is 10.1. The van der Waals surface area contributed by atoms with Crippen LogP contribution in [0.4, 0.5) is 15.8 Å². The lowest BCUT2D eigenvalue weighted by molar-refractivity contribution is 0.608. The van der Waals surface area contributed by atoms with E-state index in [1.807, 2.05) is 6.07 Å². The Hall–Kier alpha value is -1.25. The maximum Gasteiger partial charge on any atom is 0.148 e. The highest BCUT2D eigenvalue weighted by Crippen LogP contribution is 2.38. The first-order valence-corrected chi connectivity index (χ1v) is 5.63. The minimum absolute atomic E-state index is 0.156. The Morgan fingerprint density at radius 3 is 2.87 bits per heavy atom. The van der Waals surface area contributed by atoms with Crippen molar-refractivity contribution in [3.63, 3.8) is 0 Å². The van der Waals surface area contributed by atoms with Crippen LogP contribution >= 0.6 is 0 Å². The molecule has 1 aromatic carbocycles. The summed E-state index contributed by atoms with van der Waals surface area (Å²) in [4.78, 5) is 0. The molecule has 1 unspecified atom stereocenters. The van der Waals surface area contributed by atoms with E-state index in [2.05, 4.69) is 10.6 Å². The van der Waals surface area contributed by atoms with Gasteiger partial charge in [-0.05, 0) is 37.3 Å². The predicted molar refractivity (Wildman–Crippen MR) is 59.6 cm³/mol. The van der Waals surface area contributed by atoms with Crippen LogP contribution < -0.4 is 10.6 Å².